The molecule has 1 aliphatic carbocycles. The van der Waals surface area contributed by atoms with Crippen LogP contribution in [0.3, 0.4) is 0 Å². The minimum absolute atomic E-state index is 0.217. The van der Waals surface area contributed by atoms with Gasteiger partial charge in [-0.3, -0.25) is 4.79 Å². The molecule has 1 unspecified atom stereocenters. The quantitative estimate of drug-likeness (QED) is 0.897. The third-order valence-electron chi connectivity index (χ3n) is 5.49. The number of carbonyl (C=O) groups excluding carboxylic acids is 1. The molecule has 4 rings (SSSR count). The molecule has 1 saturated heterocycles. The number of nitrogens with zero attached hydrogens (tertiary/aromatic N) is 4. The largest absolute Gasteiger partial charge is 0.480 e. The lowest BCUT2D eigenvalue weighted by molar-refractivity contribution is -0.141. The van der Waals surface area contributed by atoms with Gasteiger partial charge in [-0.25, -0.2) is 14.5 Å². The first kappa shape index (κ1) is 17.9. The molecule has 2 aromatic heterocycles. The van der Waals surface area contributed by atoms with Gasteiger partial charge in [0.15, 0.2) is 5.65 Å². The van der Waals surface area contributed by atoms with E-state index in [2.05, 4.69) is 25.9 Å². The summed E-state index contributed by atoms with van der Waals surface area (Å²) in [5.74, 6) is -0.764. The smallest absolute Gasteiger partial charge is 0.326 e. The highest BCUT2D eigenvalue weighted by molar-refractivity contribution is 6.07. The molecule has 0 spiro atoms. The van der Waals surface area contributed by atoms with Gasteiger partial charge in [0.05, 0.1) is 22.2 Å². The van der Waals surface area contributed by atoms with Gasteiger partial charge in [-0.15, -0.1) is 0 Å². The maximum atomic E-state index is 13.4. The normalized spacial score (nSPS) is 20.4. The van der Waals surface area contributed by atoms with Crippen molar-refractivity contribution < 1.29 is 14.7 Å². The molecule has 0 radical (unpaired) electrons. The fourth-order valence-electron chi connectivity index (χ4n) is 3.95. The van der Waals surface area contributed by atoms with Gasteiger partial charge in [0.25, 0.3) is 5.91 Å². The molecule has 2 aromatic rings. The summed E-state index contributed by atoms with van der Waals surface area (Å²) in [6.45, 7) is 8.55. The summed E-state index contributed by atoms with van der Waals surface area (Å²) in [6.07, 6.45) is 3.38. The van der Waals surface area contributed by atoms with Crippen LogP contribution in [0.5, 0.6) is 0 Å². The van der Waals surface area contributed by atoms with E-state index in [1.54, 1.807) is 0 Å². The Morgan fingerprint density at radius 1 is 1.22 bits per heavy atom. The molecule has 7 heteroatoms. The zero-order valence-electron chi connectivity index (χ0n) is 16.3. The van der Waals surface area contributed by atoms with Crippen LogP contribution in [0.25, 0.3) is 11.0 Å². The number of rotatable bonds is 3. The summed E-state index contributed by atoms with van der Waals surface area (Å²) in [7, 11) is 0. The van der Waals surface area contributed by atoms with E-state index in [-0.39, 0.29) is 11.4 Å². The van der Waals surface area contributed by atoms with Crippen LogP contribution in [-0.4, -0.2) is 49.2 Å². The number of hydrogen-bond donors (Lipinski definition) is 1. The van der Waals surface area contributed by atoms with Gasteiger partial charge in [0.2, 0.25) is 0 Å². The number of carboxylic acid groups (broad SMARTS) is 1. The second kappa shape index (κ2) is 6.04. The highest BCUT2D eigenvalue weighted by Gasteiger charge is 2.37. The van der Waals surface area contributed by atoms with Gasteiger partial charge in [0, 0.05) is 18.2 Å². The number of amides is 1. The average molecular weight is 370 g/mol. The molecule has 1 amide bonds. The van der Waals surface area contributed by atoms with Gasteiger partial charge < -0.3 is 10.0 Å². The number of fused-ring (bicyclic) bond motifs is 1. The summed E-state index contributed by atoms with van der Waals surface area (Å²) < 4.78 is 1.89. The minimum Gasteiger partial charge on any atom is -0.480 e. The Hall–Kier alpha value is -2.44. The van der Waals surface area contributed by atoms with Crippen molar-refractivity contribution in [3.8, 4) is 0 Å². The van der Waals surface area contributed by atoms with E-state index in [1.807, 2.05) is 17.7 Å². The molecular formula is C20H26N4O3. The monoisotopic (exact) mass is 370 g/mol. The van der Waals surface area contributed by atoms with Crippen LogP contribution in [0, 0.1) is 6.92 Å². The van der Waals surface area contributed by atoms with Gasteiger partial charge in [-0.2, -0.15) is 5.10 Å². The van der Waals surface area contributed by atoms with Crippen molar-refractivity contribution in [3.05, 3.63) is 23.0 Å². The number of aliphatic carboxylic acids is 1. The Bertz CT molecular complexity index is 937. The van der Waals surface area contributed by atoms with Crippen molar-refractivity contribution in [1.82, 2.24) is 19.7 Å². The molecule has 3 heterocycles. The summed E-state index contributed by atoms with van der Waals surface area (Å²) in [5.41, 5.74) is 2.67. The number of carboxylic acids is 1. The van der Waals surface area contributed by atoms with E-state index < -0.39 is 12.0 Å². The van der Waals surface area contributed by atoms with E-state index in [0.717, 1.165) is 35.3 Å². The van der Waals surface area contributed by atoms with Crippen LogP contribution in [0.4, 0.5) is 0 Å². The number of likely N-dealkylation sites (tertiary alicyclic amines) is 1. The number of aryl methyl sites for hydroxylation is 1. The first-order chi connectivity index (χ1) is 12.7. The standard InChI is InChI=1S/C20H26N4O3/c1-11-16-13(18(25)23-9-5-6-15(23)19(26)27)10-14(12-7-8-12)21-17(16)24(22-11)20(2,3)4/h10,12,15H,5-9H2,1-4H3,(H,26,27). The van der Waals surface area contributed by atoms with Crippen molar-refractivity contribution in [2.45, 2.75) is 70.9 Å². The predicted octanol–water partition coefficient (Wildman–Crippen LogP) is 3.06. The molecule has 0 bridgehead atoms. The SMILES string of the molecule is Cc1nn(C(C)(C)C)c2nc(C3CC3)cc(C(=O)N3CCCC3C(=O)O)c12. The molecule has 1 atom stereocenters. The van der Waals surface area contributed by atoms with Gasteiger partial charge in [-0.05, 0) is 59.4 Å². The van der Waals surface area contributed by atoms with E-state index in [9.17, 15) is 14.7 Å². The van der Waals surface area contributed by atoms with Gasteiger partial charge >= 0.3 is 5.97 Å². The van der Waals surface area contributed by atoms with Crippen molar-refractivity contribution in [1.29, 1.82) is 0 Å². The first-order valence-corrected chi connectivity index (χ1v) is 9.63. The van der Waals surface area contributed by atoms with Crippen molar-refractivity contribution >= 4 is 22.9 Å². The van der Waals surface area contributed by atoms with Crippen molar-refractivity contribution in [2.24, 2.45) is 0 Å². The minimum atomic E-state index is -0.935. The number of hydrogen-bond acceptors (Lipinski definition) is 4. The molecule has 1 saturated carbocycles. The van der Waals surface area contributed by atoms with Crippen molar-refractivity contribution in [2.75, 3.05) is 6.54 Å². The number of carbonyl (C=O) groups is 2. The summed E-state index contributed by atoms with van der Waals surface area (Å²) >= 11 is 0. The van der Waals surface area contributed by atoms with Crippen LogP contribution in [0.1, 0.15) is 74.1 Å². The van der Waals surface area contributed by atoms with Crippen LogP contribution >= 0.6 is 0 Å². The van der Waals surface area contributed by atoms with Gasteiger partial charge in [-0.1, -0.05) is 0 Å². The molecule has 0 aromatic carbocycles. The highest BCUT2D eigenvalue weighted by Crippen LogP contribution is 2.41. The van der Waals surface area contributed by atoms with Crippen molar-refractivity contribution in [3.63, 3.8) is 0 Å². The second-order valence-corrected chi connectivity index (χ2v) is 8.73. The summed E-state index contributed by atoms with van der Waals surface area (Å²) in [6, 6.07) is 1.13. The zero-order valence-corrected chi connectivity index (χ0v) is 16.3. The fraction of sp³-hybridized carbons (Fsp3) is 0.600. The van der Waals surface area contributed by atoms with E-state index >= 15 is 0 Å². The molecule has 2 aliphatic rings. The maximum absolute atomic E-state index is 13.4. The summed E-state index contributed by atoms with van der Waals surface area (Å²) in [4.78, 5) is 31.3. The Morgan fingerprint density at radius 2 is 1.93 bits per heavy atom. The third-order valence-corrected chi connectivity index (χ3v) is 5.49. The maximum Gasteiger partial charge on any atom is 0.326 e. The van der Waals surface area contributed by atoms with Crippen LogP contribution in [-0.2, 0) is 10.3 Å². The van der Waals surface area contributed by atoms with Crippen LogP contribution in [0.2, 0.25) is 0 Å². The zero-order chi connectivity index (χ0) is 19.5. The summed E-state index contributed by atoms with van der Waals surface area (Å²) in [5, 5.41) is 14.9. The average Bonchev–Trinajstić information content (AvgIpc) is 3.21. The highest BCUT2D eigenvalue weighted by atomic mass is 16.4. The van der Waals surface area contributed by atoms with Crippen LogP contribution in [0.15, 0.2) is 6.07 Å². The lowest BCUT2D eigenvalue weighted by Crippen LogP contribution is -2.40. The number of aromatic nitrogens is 3. The van der Waals surface area contributed by atoms with E-state index in [4.69, 9.17) is 4.98 Å². The Balaban J connectivity index is 1.90. The molecular weight excluding hydrogens is 344 g/mol. The molecule has 27 heavy (non-hydrogen) atoms. The molecule has 7 nitrogen and oxygen atoms in total. The number of pyridine rings is 1. The molecule has 2 fully saturated rings. The lowest BCUT2D eigenvalue weighted by Gasteiger charge is -2.23. The Kier molecular flexibility index (Phi) is 4.01. The first-order valence-electron chi connectivity index (χ1n) is 9.63. The molecule has 1 aliphatic heterocycles. The Morgan fingerprint density at radius 3 is 2.52 bits per heavy atom. The Labute approximate surface area is 158 Å². The predicted molar refractivity (Wildman–Crippen MR) is 101 cm³/mol. The fourth-order valence-corrected chi connectivity index (χ4v) is 3.95. The molecule has 144 valence electrons. The van der Waals surface area contributed by atoms with E-state index in [1.165, 1.54) is 4.90 Å². The molecule has 1 N–H and O–H groups in total. The second-order valence-electron chi connectivity index (χ2n) is 8.73. The van der Waals surface area contributed by atoms with Gasteiger partial charge in [0.1, 0.15) is 6.04 Å². The van der Waals surface area contributed by atoms with Crippen LogP contribution < -0.4 is 0 Å². The topological polar surface area (TPSA) is 88.3 Å². The third kappa shape index (κ3) is 2.99. The van der Waals surface area contributed by atoms with E-state index in [0.29, 0.717) is 30.9 Å². The lowest BCUT2D eigenvalue weighted by atomic mass is 10.0.